The minimum absolute atomic E-state index is 0.202. The lowest BCUT2D eigenvalue weighted by atomic mass is 10.1. The van der Waals surface area contributed by atoms with Gasteiger partial charge in [0.1, 0.15) is 0 Å². The molecule has 1 aliphatic rings. The Morgan fingerprint density at radius 2 is 2.10 bits per heavy atom. The zero-order chi connectivity index (χ0) is 14.1. The Morgan fingerprint density at radius 1 is 1.35 bits per heavy atom. The highest BCUT2D eigenvalue weighted by Crippen LogP contribution is 2.23. The minimum atomic E-state index is 0.202. The molecule has 1 saturated carbocycles. The highest BCUT2D eigenvalue weighted by molar-refractivity contribution is 6.09. The number of aryl methyl sites for hydroxylation is 2. The molecule has 0 amide bonds. The van der Waals surface area contributed by atoms with Crippen molar-refractivity contribution in [3.05, 3.63) is 35.5 Å². The van der Waals surface area contributed by atoms with Crippen molar-refractivity contribution >= 4 is 16.7 Å². The number of fused-ring (bicyclic) bond motifs is 1. The molecule has 0 aliphatic heterocycles. The molecule has 1 aromatic carbocycles. The predicted octanol–water partition coefficient (Wildman–Crippen LogP) is 3.20. The van der Waals surface area contributed by atoms with E-state index in [-0.39, 0.29) is 5.78 Å². The third-order valence-electron chi connectivity index (χ3n) is 4.35. The monoisotopic (exact) mass is 270 g/mol. The summed E-state index contributed by atoms with van der Waals surface area (Å²) >= 11 is 0. The minimum Gasteiger partial charge on any atom is -0.350 e. The van der Waals surface area contributed by atoms with Crippen LogP contribution in [0.25, 0.3) is 10.9 Å². The van der Waals surface area contributed by atoms with Gasteiger partial charge in [-0.25, -0.2) is 0 Å². The van der Waals surface area contributed by atoms with E-state index < -0.39 is 0 Å². The Labute approximate surface area is 120 Å². The first-order chi connectivity index (χ1) is 9.65. The van der Waals surface area contributed by atoms with E-state index in [0.29, 0.717) is 12.6 Å². The Morgan fingerprint density at radius 3 is 2.85 bits per heavy atom. The molecular formula is C17H22N2O. The van der Waals surface area contributed by atoms with Crippen molar-refractivity contribution < 1.29 is 4.79 Å². The first-order valence-corrected chi connectivity index (χ1v) is 7.47. The second-order valence-electron chi connectivity index (χ2n) is 5.96. The van der Waals surface area contributed by atoms with E-state index in [2.05, 4.69) is 30.4 Å². The van der Waals surface area contributed by atoms with Crippen molar-refractivity contribution in [1.82, 2.24) is 9.88 Å². The van der Waals surface area contributed by atoms with Crippen LogP contribution in [0.1, 0.15) is 41.6 Å². The fourth-order valence-electron chi connectivity index (χ4n) is 3.19. The molecule has 1 aliphatic carbocycles. The highest BCUT2D eigenvalue weighted by Gasteiger charge is 2.18. The molecule has 0 bridgehead atoms. The van der Waals surface area contributed by atoms with Crippen molar-refractivity contribution in [2.45, 2.75) is 38.6 Å². The molecule has 3 heteroatoms. The Bertz CT molecular complexity index is 636. The summed E-state index contributed by atoms with van der Waals surface area (Å²) in [5.41, 5.74) is 3.16. The van der Waals surface area contributed by atoms with Crippen LogP contribution in [-0.2, 0) is 7.05 Å². The molecule has 1 aromatic heterocycles. The average Bonchev–Trinajstić information content (AvgIpc) is 3.04. The number of carbonyl (C=O) groups excluding carboxylic acids is 1. The quantitative estimate of drug-likeness (QED) is 0.866. The zero-order valence-corrected chi connectivity index (χ0v) is 12.3. The average molecular weight is 270 g/mol. The molecule has 1 heterocycles. The van der Waals surface area contributed by atoms with Gasteiger partial charge in [-0.05, 0) is 31.9 Å². The maximum atomic E-state index is 12.5. The lowest BCUT2D eigenvalue weighted by Crippen LogP contribution is -2.31. The third-order valence-corrected chi connectivity index (χ3v) is 4.35. The lowest BCUT2D eigenvalue weighted by Gasteiger charge is -2.10. The number of hydrogen-bond acceptors (Lipinski definition) is 2. The van der Waals surface area contributed by atoms with Gasteiger partial charge >= 0.3 is 0 Å². The van der Waals surface area contributed by atoms with Crippen LogP contribution >= 0.6 is 0 Å². The Balaban J connectivity index is 1.81. The fourth-order valence-corrected chi connectivity index (χ4v) is 3.19. The van der Waals surface area contributed by atoms with E-state index in [1.165, 1.54) is 31.2 Å². The lowest BCUT2D eigenvalue weighted by molar-refractivity contribution is 0.0989. The van der Waals surface area contributed by atoms with Crippen LogP contribution in [0.3, 0.4) is 0 Å². The summed E-state index contributed by atoms with van der Waals surface area (Å²) in [6, 6.07) is 6.83. The van der Waals surface area contributed by atoms with Gasteiger partial charge in [-0.2, -0.15) is 0 Å². The summed E-state index contributed by atoms with van der Waals surface area (Å²) in [6.07, 6.45) is 6.96. The highest BCUT2D eigenvalue weighted by atomic mass is 16.1. The molecule has 20 heavy (non-hydrogen) atoms. The van der Waals surface area contributed by atoms with Gasteiger partial charge in [0.25, 0.3) is 0 Å². The summed E-state index contributed by atoms with van der Waals surface area (Å²) in [7, 11) is 2.00. The van der Waals surface area contributed by atoms with E-state index in [9.17, 15) is 4.79 Å². The van der Waals surface area contributed by atoms with Gasteiger partial charge in [-0.3, -0.25) is 4.79 Å². The Hall–Kier alpha value is -1.61. The molecule has 1 N–H and O–H groups in total. The van der Waals surface area contributed by atoms with Gasteiger partial charge in [0.05, 0.1) is 6.54 Å². The summed E-state index contributed by atoms with van der Waals surface area (Å²) in [4.78, 5) is 12.5. The molecule has 3 nitrogen and oxygen atoms in total. The van der Waals surface area contributed by atoms with Gasteiger partial charge in [0, 0.05) is 35.8 Å². The molecule has 0 unspecified atom stereocenters. The van der Waals surface area contributed by atoms with E-state index in [1.54, 1.807) is 0 Å². The number of ketones is 1. The number of nitrogens with zero attached hydrogens (tertiary/aromatic N) is 1. The smallest absolute Gasteiger partial charge is 0.178 e. The number of carbonyl (C=O) groups is 1. The van der Waals surface area contributed by atoms with Crippen molar-refractivity contribution in [2.75, 3.05) is 6.54 Å². The van der Waals surface area contributed by atoms with E-state index in [0.717, 1.165) is 16.5 Å². The molecule has 0 radical (unpaired) electrons. The maximum Gasteiger partial charge on any atom is 0.178 e. The van der Waals surface area contributed by atoms with Crippen LogP contribution in [0.5, 0.6) is 0 Å². The summed E-state index contributed by atoms with van der Waals surface area (Å²) < 4.78 is 2.04. The number of rotatable bonds is 4. The normalized spacial score (nSPS) is 16.1. The molecule has 0 saturated heterocycles. The fraction of sp³-hybridized carbons (Fsp3) is 0.471. The van der Waals surface area contributed by atoms with Crippen LogP contribution in [-0.4, -0.2) is 22.9 Å². The Kier molecular flexibility index (Phi) is 3.62. The number of hydrogen-bond donors (Lipinski definition) is 1. The predicted molar refractivity (Wildman–Crippen MR) is 82.2 cm³/mol. The molecule has 0 spiro atoms. The summed E-state index contributed by atoms with van der Waals surface area (Å²) in [5, 5.41) is 4.48. The summed E-state index contributed by atoms with van der Waals surface area (Å²) in [5.74, 6) is 0.202. The van der Waals surface area contributed by atoms with Crippen LogP contribution in [0.15, 0.2) is 24.4 Å². The van der Waals surface area contributed by atoms with Gasteiger partial charge in [0.2, 0.25) is 0 Å². The van der Waals surface area contributed by atoms with Crippen LogP contribution in [0.4, 0.5) is 0 Å². The first-order valence-electron chi connectivity index (χ1n) is 7.47. The molecule has 2 aromatic rings. The van der Waals surface area contributed by atoms with Crippen LogP contribution in [0.2, 0.25) is 0 Å². The second-order valence-corrected chi connectivity index (χ2v) is 5.96. The second kappa shape index (κ2) is 5.41. The van der Waals surface area contributed by atoms with Crippen molar-refractivity contribution in [3.63, 3.8) is 0 Å². The molecule has 106 valence electrons. The van der Waals surface area contributed by atoms with E-state index in [4.69, 9.17) is 0 Å². The van der Waals surface area contributed by atoms with Crippen LogP contribution < -0.4 is 5.32 Å². The largest absolute Gasteiger partial charge is 0.350 e. The number of aromatic nitrogens is 1. The first kappa shape index (κ1) is 13.4. The van der Waals surface area contributed by atoms with Gasteiger partial charge in [0.15, 0.2) is 5.78 Å². The molecule has 1 fully saturated rings. The van der Waals surface area contributed by atoms with E-state index in [1.807, 2.05) is 17.8 Å². The van der Waals surface area contributed by atoms with Crippen molar-refractivity contribution in [2.24, 2.45) is 7.05 Å². The molecule has 0 atom stereocenters. The molecule has 3 rings (SSSR count). The van der Waals surface area contributed by atoms with Gasteiger partial charge in [-0.15, -0.1) is 0 Å². The summed E-state index contributed by atoms with van der Waals surface area (Å²) in [6.45, 7) is 2.52. The zero-order valence-electron chi connectivity index (χ0n) is 12.3. The SMILES string of the molecule is Cc1ccc2c(c1)c(C(=O)CNC1CCCC1)cn2C. The third kappa shape index (κ3) is 2.50. The number of benzene rings is 1. The van der Waals surface area contributed by atoms with E-state index >= 15 is 0 Å². The number of Topliss-reactive ketones (excluding diaryl/α,β-unsaturated/α-hetero) is 1. The van der Waals surface area contributed by atoms with Crippen LogP contribution in [0, 0.1) is 6.92 Å². The van der Waals surface area contributed by atoms with Gasteiger partial charge < -0.3 is 9.88 Å². The number of nitrogens with one attached hydrogen (secondary N) is 1. The molecular weight excluding hydrogens is 248 g/mol. The van der Waals surface area contributed by atoms with Crippen molar-refractivity contribution in [1.29, 1.82) is 0 Å². The maximum absolute atomic E-state index is 12.5. The topological polar surface area (TPSA) is 34.0 Å². The van der Waals surface area contributed by atoms with Gasteiger partial charge in [-0.1, -0.05) is 24.5 Å². The van der Waals surface area contributed by atoms with Crippen molar-refractivity contribution in [3.8, 4) is 0 Å². The standard InChI is InChI=1S/C17H22N2O/c1-12-7-8-16-14(9-12)15(11-19(16)2)17(20)10-18-13-5-3-4-6-13/h7-9,11,13,18H,3-6,10H2,1-2H3.